The number of ether oxygens (including phenoxy) is 3. The maximum absolute atomic E-state index is 13.5. The predicted octanol–water partition coefficient (Wildman–Crippen LogP) is 8.65. The van der Waals surface area contributed by atoms with Gasteiger partial charge in [0.25, 0.3) is 0 Å². The van der Waals surface area contributed by atoms with Crippen molar-refractivity contribution in [2.24, 2.45) is 0 Å². The summed E-state index contributed by atoms with van der Waals surface area (Å²) in [6.45, 7) is 6.16. The van der Waals surface area contributed by atoms with Gasteiger partial charge in [-0.15, -0.1) is 0 Å². The second kappa shape index (κ2) is 14.0. The summed E-state index contributed by atoms with van der Waals surface area (Å²) >= 11 is 0. The molecule has 0 amide bonds. The summed E-state index contributed by atoms with van der Waals surface area (Å²) in [7, 11) is 0. The molecule has 224 valence electrons. The van der Waals surface area contributed by atoms with E-state index in [1.807, 2.05) is 25.1 Å². The van der Waals surface area contributed by atoms with Gasteiger partial charge in [0.2, 0.25) is 0 Å². The molecule has 6 nitrogen and oxygen atoms in total. The summed E-state index contributed by atoms with van der Waals surface area (Å²) in [4.78, 5) is 40.2. The van der Waals surface area contributed by atoms with Gasteiger partial charge in [-0.25, -0.2) is 14.4 Å². The average Bonchev–Trinajstić information content (AvgIpc) is 3.06. The van der Waals surface area contributed by atoms with E-state index in [-0.39, 0.29) is 0 Å². The summed E-state index contributed by atoms with van der Waals surface area (Å²) in [5, 5.41) is 0. The standard InChI is InChI=1S/C38H36O6/c1-4-5-21-33(42-36(39)27-15-9-6-10-16-27)32-24-34(43-37(40)28-17-11-7-12-18-28)30-22-25(2)26(3)23-31(30)35(32)44-38(41)29-19-13-8-14-20-29/h6-20,24,33H,4-5,21-23H2,1-3H3/t33-/m1/s1. The molecule has 5 rings (SSSR count). The fourth-order valence-corrected chi connectivity index (χ4v) is 5.32. The first-order chi connectivity index (χ1) is 21.4. The van der Waals surface area contributed by atoms with Gasteiger partial charge in [-0.05, 0) is 82.0 Å². The topological polar surface area (TPSA) is 78.9 Å². The Morgan fingerprint density at radius 2 is 1.14 bits per heavy atom. The maximum Gasteiger partial charge on any atom is 0.343 e. The lowest BCUT2D eigenvalue weighted by atomic mass is 9.83. The number of hydrogen-bond acceptors (Lipinski definition) is 6. The Morgan fingerprint density at radius 1 is 0.659 bits per heavy atom. The molecule has 6 heteroatoms. The number of allylic oxidation sites excluding steroid dienone is 2. The van der Waals surface area contributed by atoms with Crippen molar-refractivity contribution >= 4 is 17.9 Å². The summed E-state index contributed by atoms with van der Waals surface area (Å²) < 4.78 is 18.4. The van der Waals surface area contributed by atoms with Crippen molar-refractivity contribution in [3.05, 3.63) is 142 Å². The highest BCUT2D eigenvalue weighted by molar-refractivity contribution is 5.93. The monoisotopic (exact) mass is 588 g/mol. The van der Waals surface area contributed by atoms with Crippen LogP contribution in [0.2, 0.25) is 0 Å². The fourth-order valence-electron chi connectivity index (χ4n) is 5.32. The number of carbonyl (C=O) groups is 3. The minimum absolute atomic E-state index is 0.349. The molecule has 0 saturated heterocycles. The molecular formula is C38H36O6. The lowest BCUT2D eigenvalue weighted by Gasteiger charge is -2.28. The van der Waals surface area contributed by atoms with Gasteiger partial charge in [-0.3, -0.25) is 0 Å². The molecule has 0 unspecified atom stereocenters. The summed E-state index contributed by atoms with van der Waals surface area (Å²) in [6.07, 6.45) is 2.37. The van der Waals surface area contributed by atoms with E-state index in [4.69, 9.17) is 14.2 Å². The molecular weight excluding hydrogens is 552 g/mol. The van der Waals surface area contributed by atoms with E-state index in [1.165, 1.54) is 0 Å². The molecule has 0 radical (unpaired) electrons. The third kappa shape index (κ3) is 6.97. The van der Waals surface area contributed by atoms with Gasteiger partial charge >= 0.3 is 17.9 Å². The van der Waals surface area contributed by atoms with Crippen molar-refractivity contribution < 1.29 is 28.6 Å². The molecule has 4 aromatic carbocycles. The molecule has 0 saturated carbocycles. The Labute approximate surface area is 258 Å². The van der Waals surface area contributed by atoms with Gasteiger partial charge in [0, 0.05) is 16.7 Å². The van der Waals surface area contributed by atoms with Crippen molar-refractivity contribution in [2.75, 3.05) is 0 Å². The van der Waals surface area contributed by atoms with E-state index in [0.717, 1.165) is 35.1 Å². The first-order valence-electron chi connectivity index (χ1n) is 15.0. The molecule has 0 fully saturated rings. The lowest BCUT2D eigenvalue weighted by Crippen LogP contribution is -2.20. The Morgan fingerprint density at radius 3 is 1.66 bits per heavy atom. The quantitative estimate of drug-likeness (QED) is 0.105. The minimum Gasteiger partial charge on any atom is -0.454 e. The highest BCUT2D eigenvalue weighted by Crippen LogP contribution is 2.45. The molecule has 0 heterocycles. The summed E-state index contributed by atoms with van der Waals surface area (Å²) in [5.74, 6) is -0.784. The molecule has 1 aliphatic carbocycles. The largest absolute Gasteiger partial charge is 0.454 e. The number of rotatable bonds is 10. The van der Waals surface area contributed by atoms with Crippen LogP contribution in [0.25, 0.3) is 0 Å². The number of carbonyl (C=O) groups excluding carboxylic acids is 3. The lowest BCUT2D eigenvalue weighted by molar-refractivity contribution is 0.0263. The Bertz CT molecular complexity index is 1670. The Kier molecular flexibility index (Phi) is 9.70. The second-order valence-electron chi connectivity index (χ2n) is 11.1. The Hall–Kier alpha value is -4.97. The molecule has 0 aliphatic heterocycles. The van der Waals surface area contributed by atoms with Crippen LogP contribution < -0.4 is 9.47 Å². The molecule has 0 spiro atoms. The van der Waals surface area contributed by atoms with Gasteiger partial charge in [-0.1, -0.05) is 79.1 Å². The summed E-state index contributed by atoms with van der Waals surface area (Å²) in [6, 6.07) is 28.1. The van der Waals surface area contributed by atoms with E-state index >= 15 is 0 Å². The normalized spacial score (nSPS) is 13.1. The highest BCUT2D eigenvalue weighted by Gasteiger charge is 2.32. The van der Waals surface area contributed by atoms with E-state index in [9.17, 15) is 14.4 Å². The van der Waals surface area contributed by atoms with Crippen LogP contribution in [0, 0.1) is 0 Å². The van der Waals surface area contributed by atoms with E-state index in [0.29, 0.717) is 53.0 Å². The van der Waals surface area contributed by atoms with Crippen LogP contribution in [-0.4, -0.2) is 17.9 Å². The maximum atomic E-state index is 13.5. The number of unbranched alkanes of at least 4 members (excludes halogenated alkanes) is 1. The van der Waals surface area contributed by atoms with E-state index in [1.54, 1.807) is 78.9 Å². The zero-order valence-electron chi connectivity index (χ0n) is 25.3. The van der Waals surface area contributed by atoms with Crippen LogP contribution in [0.3, 0.4) is 0 Å². The third-order valence-corrected chi connectivity index (χ3v) is 7.94. The van der Waals surface area contributed by atoms with Crippen LogP contribution >= 0.6 is 0 Å². The molecule has 0 N–H and O–H groups in total. The van der Waals surface area contributed by atoms with Crippen molar-refractivity contribution in [1.82, 2.24) is 0 Å². The molecule has 44 heavy (non-hydrogen) atoms. The number of fused-ring (bicyclic) bond motifs is 1. The zero-order valence-corrected chi connectivity index (χ0v) is 25.3. The first kappa shape index (κ1) is 30.5. The van der Waals surface area contributed by atoms with Crippen LogP contribution in [0.1, 0.15) is 93.9 Å². The van der Waals surface area contributed by atoms with Crippen molar-refractivity contribution in [1.29, 1.82) is 0 Å². The van der Waals surface area contributed by atoms with Gasteiger partial charge < -0.3 is 14.2 Å². The van der Waals surface area contributed by atoms with Gasteiger partial charge in [0.15, 0.2) is 0 Å². The van der Waals surface area contributed by atoms with E-state index in [2.05, 4.69) is 13.8 Å². The number of esters is 3. The van der Waals surface area contributed by atoms with E-state index < -0.39 is 24.0 Å². The van der Waals surface area contributed by atoms with Crippen LogP contribution in [0.4, 0.5) is 0 Å². The summed E-state index contributed by atoms with van der Waals surface area (Å²) in [5.41, 5.74) is 5.55. The highest BCUT2D eigenvalue weighted by atomic mass is 16.6. The van der Waals surface area contributed by atoms with Crippen LogP contribution in [0.15, 0.2) is 108 Å². The minimum atomic E-state index is -0.756. The second-order valence-corrected chi connectivity index (χ2v) is 11.1. The zero-order chi connectivity index (χ0) is 31.1. The molecule has 0 aromatic heterocycles. The van der Waals surface area contributed by atoms with Crippen molar-refractivity contribution in [3.8, 4) is 11.5 Å². The SMILES string of the molecule is CCCC[C@@H](OC(=O)c1ccccc1)c1cc(OC(=O)c2ccccc2)c2c(c1OC(=O)c1ccccc1)CC(C)=C(C)C2. The van der Waals surface area contributed by atoms with Crippen LogP contribution in [-0.2, 0) is 17.6 Å². The smallest absolute Gasteiger partial charge is 0.343 e. The van der Waals surface area contributed by atoms with Gasteiger partial charge in [0.05, 0.1) is 16.7 Å². The Balaban J connectivity index is 1.66. The van der Waals surface area contributed by atoms with Crippen LogP contribution in [0.5, 0.6) is 11.5 Å². The van der Waals surface area contributed by atoms with Crippen molar-refractivity contribution in [2.45, 2.75) is 59.0 Å². The van der Waals surface area contributed by atoms with Crippen molar-refractivity contribution in [3.63, 3.8) is 0 Å². The third-order valence-electron chi connectivity index (χ3n) is 7.94. The number of hydrogen-bond donors (Lipinski definition) is 0. The molecule has 1 atom stereocenters. The fraction of sp³-hybridized carbons (Fsp3) is 0.237. The average molecular weight is 589 g/mol. The number of benzene rings is 4. The van der Waals surface area contributed by atoms with Gasteiger partial charge in [-0.2, -0.15) is 0 Å². The predicted molar refractivity (Wildman–Crippen MR) is 169 cm³/mol. The molecule has 1 aliphatic rings. The molecule has 4 aromatic rings. The first-order valence-corrected chi connectivity index (χ1v) is 15.0. The molecule has 0 bridgehead atoms. The van der Waals surface area contributed by atoms with Gasteiger partial charge in [0.1, 0.15) is 17.6 Å².